The van der Waals surface area contributed by atoms with Crippen LogP contribution in [0.3, 0.4) is 0 Å². The standard InChI is InChI=1S/C11H18N2O2S/c1-9(2)13(16(3,14)15)11-6-4-10(8-12)5-7-11/h4-7,9H,8,12H2,1-3H3. The van der Waals surface area contributed by atoms with E-state index in [1.807, 2.05) is 26.0 Å². The summed E-state index contributed by atoms with van der Waals surface area (Å²) in [5, 5.41) is 0. The van der Waals surface area contributed by atoms with Crippen molar-refractivity contribution in [1.82, 2.24) is 0 Å². The number of hydrogen-bond donors (Lipinski definition) is 1. The molecule has 0 atom stereocenters. The Kier molecular flexibility index (Phi) is 3.93. The van der Waals surface area contributed by atoms with Gasteiger partial charge in [0, 0.05) is 12.6 Å². The maximum Gasteiger partial charge on any atom is 0.232 e. The van der Waals surface area contributed by atoms with Crippen molar-refractivity contribution in [3.05, 3.63) is 29.8 Å². The third-order valence-corrected chi connectivity index (χ3v) is 3.60. The van der Waals surface area contributed by atoms with E-state index in [9.17, 15) is 8.42 Å². The Bertz CT molecular complexity index is 438. The van der Waals surface area contributed by atoms with E-state index in [0.717, 1.165) is 5.56 Å². The first kappa shape index (κ1) is 13.0. The van der Waals surface area contributed by atoms with Crippen LogP contribution >= 0.6 is 0 Å². The largest absolute Gasteiger partial charge is 0.326 e. The van der Waals surface area contributed by atoms with Gasteiger partial charge in [0.25, 0.3) is 0 Å². The molecule has 1 aromatic rings. The molecule has 1 rings (SSSR count). The van der Waals surface area contributed by atoms with Crippen LogP contribution in [-0.2, 0) is 16.6 Å². The second-order valence-corrected chi connectivity index (χ2v) is 5.88. The highest BCUT2D eigenvalue weighted by atomic mass is 32.2. The molecule has 0 saturated carbocycles. The lowest BCUT2D eigenvalue weighted by molar-refractivity contribution is 0.590. The molecule has 90 valence electrons. The molecule has 5 heteroatoms. The summed E-state index contributed by atoms with van der Waals surface area (Å²) in [6.07, 6.45) is 1.21. The molecule has 0 bridgehead atoms. The Morgan fingerprint density at radius 1 is 1.25 bits per heavy atom. The van der Waals surface area contributed by atoms with Gasteiger partial charge in [-0.1, -0.05) is 12.1 Å². The molecule has 0 radical (unpaired) electrons. The van der Waals surface area contributed by atoms with Crippen molar-refractivity contribution < 1.29 is 8.42 Å². The number of hydrogen-bond acceptors (Lipinski definition) is 3. The van der Waals surface area contributed by atoms with Crippen molar-refractivity contribution in [2.24, 2.45) is 5.73 Å². The minimum atomic E-state index is -3.23. The van der Waals surface area contributed by atoms with E-state index in [0.29, 0.717) is 12.2 Å². The Morgan fingerprint density at radius 3 is 2.06 bits per heavy atom. The van der Waals surface area contributed by atoms with Crippen LogP contribution in [-0.4, -0.2) is 20.7 Å². The summed E-state index contributed by atoms with van der Waals surface area (Å²) >= 11 is 0. The van der Waals surface area contributed by atoms with Gasteiger partial charge in [0.05, 0.1) is 11.9 Å². The summed E-state index contributed by atoms with van der Waals surface area (Å²) < 4.78 is 24.7. The second kappa shape index (κ2) is 4.84. The number of sulfonamides is 1. The summed E-state index contributed by atoms with van der Waals surface area (Å²) in [6.45, 7) is 4.15. The SMILES string of the molecule is CC(C)N(c1ccc(CN)cc1)S(C)(=O)=O. The normalized spacial score (nSPS) is 11.8. The molecule has 0 saturated heterocycles. The molecular formula is C11H18N2O2S. The van der Waals surface area contributed by atoms with E-state index < -0.39 is 10.0 Å². The van der Waals surface area contributed by atoms with E-state index in [1.165, 1.54) is 10.6 Å². The zero-order valence-electron chi connectivity index (χ0n) is 9.84. The average molecular weight is 242 g/mol. The number of nitrogens with zero attached hydrogens (tertiary/aromatic N) is 1. The first-order valence-electron chi connectivity index (χ1n) is 5.14. The van der Waals surface area contributed by atoms with E-state index in [2.05, 4.69) is 0 Å². The van der Waals surface area contributed by atoms with Crippen molar-refractivity contribution in [2.45, 2.75) is 26.4 Å². The highest BCUT2D eigenvalue weighted by Crippen LogP contribution is 2.20. The monoisotopic (exact) mass is 242 g/mol. The molecule has 2 N–H and O–H groups in total. The Morgan fingerprint density at radius 2 is 1.75 bits per heavy atom. The van der Waals surface area contributed by atoms with Crippen LogP contribution in [0, 0.1) is 0 Å². The molecule has 0 unspecified atom stereocenters. The van der Waals surface area contributed by atoms with Gasteiger partial charge in [0.15, 0.2) is 0 Å². The van der Waals surface area contributed by atoms with Gasteiger partial charge in [-0.25, -0.2) is 8.42 Å². The third kappa shape index (κ3) is 2.96. The quantitative estimate of drug-likeness (QED) is 0.866. The van der Waals surface area contributed by atoms with Gasteiger partial charge < -0.3 is 5.73 Å². The van der Waals surface area contributed by atoms with Crippen molar-refractivity contribution in [2.75, 3.05) is 10.6 Å². The van der Waals surface area contributed by atoms with Crippen molar-refractivity contribution in [3.63, 3.8) is 0 Å². The fourth-order valence-corrected chi connectivity index (χ4v) is 2.92. The summed E-state index contributed by atoms with van der Waals surface area (Å²) in [7, 11) is -3.23. The van der Waals surface area contributed by atoms with E-state index >= 15 is 0 Å². The zero-order valence-corrected chi connectivity index (χ0v) is 10.7. The van der Waals surface area contributed by atoms with Crippen LogP contribution in [0.2, 0.25) is 0 Å². The second-order valence-electron chi connectivity index (χ2n) is 4.02. The van der Waals surface area contributed by atoms with Crippen LogP contribution in [0.4, 0.5) is 5.69 Å². The molecule has 0 heterocycles. The van der Waals surface area contributed by atoms with E-state index in [4.69, 9.17) is 5.73 Å². The van der Waals surface area contributed by atoms with Crippen LogP contribution < -0.4 is 10.0 Å². The lowest BCUT2D eigenvalue weighted by Gasteiger charge is -2.26. The van der Waals surface area contributed by atoms with Crippen molar-refractivity contribution >= 4 is 15.7 Å². The predicted octanol–water partition coefficient (Wildman–Crippen LogP) is 1.32. The minimum Gasteiger partial charge on any atom is -0.326 e. The lowest BCUT2D eigenvalue weighted by atomic mass is 10.2. The van der Waals surface area contributed by atoms with Gasteiger partial charge in [0.2, 0.25) is 10.0 Å². The fourth-order valence-electron chi connectivity index (χ4n) is 1.65. The lowest BCUT2D eigenvalue weighted by Crippen LogP contribution is -2.36. The molecule has 0 aliphatic heterocycles. The molecule has 0 aromatic heterocycles. The predicted molar refractivity (Wildman–Crippen MR) is 66.8 cm³/mol. The van der Waals surface area contributed by atoms with Crippen molar-refractivity contribution in [3.8, 4) is 0 Å². The maximum atomic E-state index is 11.6. The Hall–Kier alpha value is -1.07. The Balaban J connectivity index is 3.13. The number of benzene rings is 1. The number of nitrogens with two attached hydrogens (primary N) is 1. The summed E-state index contributed by atoms with van der Waals surface area (Å²) in [5.74, 6) is 0. The summed E-state index contributed by atoms with van der Waals surface area (Å²) in [4.78, 5) is 0. The molecule has 16 heavy (non-hydrogen) atoms. The van der Waals surface area contributed by atoms with Gasteiger partial charge in [-0.3, -0.25) is 4.31 Å². The smallest absolute Gasteiger partial charge is 0.232 e. The summed E-state index contributed by atoms with van der Waals surface area (Å²) in [5.41, 5.74) is 7.15. The first-order valence-corrected chi connectivity index (χ1v) is 6.99. The molecular weight excluding hydrogens is 224 g/mol. The van der Waals surface area contributed by atoms with Crippen molar-refractivity contribution in [1.29, 1.82) is 0 Å². The van der Waals surface area contributed by atoms with Crippen LogP contribution in [0.1, 0.15) is 19.4 Å². The molecule has 1 aromatic carbocycles. The van der Waals surface area contributed by atoms with Crippen LogP contribution in [0.5, 0.6) is 0 Å². The zero-order chi connectivity index (χ0) is 12.3. The third-order valence-electron chi connectivity index (χ3n) is 2.25. The number of rotatable bonds is 4. The van der Waals surface area contributed by atoms with E-state index in [1.54, 1.807) is 12.1 Å². The molecule has 0 amide bonds. The van der Waals surface area contributed by atoms with Crippen LogP contribution in [0.25, 0.3) is 0 Å². The summed E-state index contributed by atoms with van der Waals surface area (Å²) in [6, 6.07) is 7.15. The van der Waals surface area contributed by atoms with E-state index in [-0.39, 0.29) is 6.04 Å². The molecule has 4 nitrogen and oxygen atoms in total. The van der Waals surface area contributed by atoms with Gasteiger partial charge in [-0.15, -0.1) is 0 Å². The highest BCUT2D eigenvalue weighted by molar-refractivity contribution is 7.92. The maximum absolute atomic E-state index is 11.6. The molecule has 0 fully saturated rings. The fraction of sp³-hybridized carbons (Fsp3) is 0.455. The van der Waals surface area contributed by atoms with Gasteiger partial charge in [0.1, 0.15) is 0 Å². The minimum absolute atomic E-state index is 0.0984. The topological polar surface area (TPSA) is 63.4 Å². The highest BCUT2D eigenvalue weighted by Gasteiger charge is 2.20. The van der Waals surface area contributed by atoms with Crippen LogP contribution in [0.15, 0.2) is 24.3 Å². The van der Waals surface area contributed by atoms with Gasteiger partial charge in [-0.2, -0.15) is 0 Å². The average Bonchev–Trinajstić information content (AvgIpc) is 2.16. The molecule has 0 aliphatic rings. The number of anilines is 1. The first-order chi connectivity index (χ1) is 7.36. The van der Waals surface area contributed by atoms with Gasteiger partial charge >= 0.3 is 0 Å². The molecule has 0 aliphatic carbocycles. The Labute approximate surface area is 97.1 Å². The van der Waals surface area contributed by atoms with Gasteiger partial charge in [-0.05, 0) is 31.5 Å². The molecule has 0 spiro atoms.